The quantitative estimate of drug-likeness (QED) is 0.106. The summed E-state index contributed by atoms with van der Waals surface area (Å²) in [6.07, 6.45) is 6.21. The molecule has 0 fully saturated rings. The number of nitrogens with two attached hydrogens (primary N) is 1. The number of esters is 1. The summed E-state index contributed by atoms with van der Waals surface area (Å²) < 4.78 is 32.7. The standard InChI is InChI=1S/C27H28ClN6O5P/c1-18(26(35)37-15-19-8-4-2-5-9-19)33-40(36,39-22-10-6-3-7-11-22)38-16-20-12-13-21(14-20)34-17-30-23-24(28)31-27(29)32-25(23)34/h2-13,17-18,20-21H,14-16H2,1H3,(H,33,36)(H2,29,31,32)/t18-,20+,21-,40?/m0/s1. The first-order chi connectivity index (χ1) is 19.3. The number of anilines is 1. The number of halogens is 1. The summed E-state index contributed by atoms with van der Waals surface area (Å²) in [4.78, 5) is 25.2. The van der Waals surface area contributed by atoms with Crippen LogP contribution in [0.4, 0.5) is 5.95 Å². The average Bonchev–Trinajstić information content (AvgIpc) is 3.59. The number of carbonyl (C=O) groups excluding carboxylic acids is 1. The first-order valence-electron chi connectivity index (χ1n) is 12.6. The fraction of sp³-hybridized carbons (Fsp3) is 0.259. The molecule has 0 bridgehead atoms. The van der Waals surface area contributed by atoms with Crippen LogP contribution in [0.25, 0.3) is 11.2 Å². The van der Waals surface area contributed by atoms with Crippen LogP contribution in [0.2, 0.25) is 5.15 Å². The van der Waals surface area contributed by atoms with E-state index in [2.05, 4.69) is 20.0 Å². The highest BCUT2D eigenvalue weighted by atomic mass is 35.5. The molecule has 11 nitrogen and oxygen atoms in total. The fourth-order valence-corrected chi connectivity index (χ4v) is 6.04. The van der Waals surface area contributed by atoms with Gasteiger partial charge in [0.15, 0.2) is 10.8 Å². The molecule has 0 radical (unpaired) electrons. The van der Waals surface area contributed by atoms with Gasteiger partial charge in [-0.3, -0.25) is 9.32 Å². The summed E-state index contributed by atoms with van der Waals surface area (Å²) in [5.41, 5.74) is 7.60. The number of aromatic nitrogens is 4. The smallest absolute Gasteiger partial charge is 0.459 e. The molecule has 0 saturated carbocycles. The molecular weight excluding hydrogens is 555 g/mol. The molecule has 4 aromatic rings. The second-order valence-corrected chi connectivity index (χ2v) is 11.3. The molecule has 3 N–H and O–H groups in total. The number of fused-ring (bicyclic) bond motifs is 1. The van der Waals surface area contributed by atoms with E-state index in [1.54, 1.807) is 37.5 Å². The molecule has 4 atom stereocenters. The Labute approximate surface area is 235 Å². The van der Waals surface area contributed by atoms with Crippen LogP contribution in [0.1, 0.15) is 24.9 Å². The molecule has 40 heavy (non-hydrogen) atoms. The van der Waals surface area contributed by atoms with Crippen molar-refractivity contribution in [2.75, 3.05) is 12.3 Å². The van der Waals surface area contributed by atoms with Crippen molar-refractivity contribution < 1.29 is 23.1 Å². The highest BCUT2D eigenvalue weighted by Crippen LogP contribution is 2.46. The number of nitrogens with zero attached hydrogens (tertiary/aromatic N) is 4. The van der Waals surface area contributed by atoms with Gasteiger partial charge in [0.25, 0.3) is 0 Å². The molecule has 2 heterocycles. The largest absolute Gasteiger partial charge is 0.460 e. The van der Waals surface area contributed by atoms with Crippen molar-refractivity contribution in [1.29, 1.82) is 0 Å². The third-order valence-electron chi connectivity index (χ3n) is 6.26. The Morgan fingerprint density at radius 2 is 1.88 bits per heavy atom. The maximum absolute atomic E-state index is 13.8. The number of ether oxygens (including phenoxy) is 1. The number of carbonyl (C=O) groups is 1. The van der Waals surface area contributed by atoms with Gasteiger partial charge in [-0.15, -0.1) is 0 Å². The minimum Gasteiger partial charge on any atom is -0.460 e. The molecule has 0 spiro atoms. The minimum absolute atomic E-state index is 0.0580. The molecule has 2 aromatic heterocycles. The van der Waals surface area contributed by atoms with E-state index >= 15 is 0 Å². The van der Waals surface area contributed by atoms with Crippen LogP contribution < -0.4 is 15.3 Å². The normalized spacial score (nSPS) is 18.9. The lowest BCUT2D eigenvalue weighted by Crippen LogP contribution is -2.35. The Morgan fingerprint density at radius 3 is 2.62 bits per heavy atom. The third-order valence-corrected chi connectivity index (χ3v) is 8.17. The Kier molecular flexibility index (Phi) is 8.46. The Morgan fingerprint density at radius 1 is 1.15 bits per heavy atom. The summed E-state index contributed by atoms with van der Waals surface area (Å²) in [7, 11) is -3.99. The number of nitrogen functional groups attached to an aromatic ring is 1. The lowest BCUT2D eigenvalue weighted by atomic mass is 10.1. The Bertz CT molecular complexity index is 1550. The Balaban J connectivity index is 1.24. The molecule has 0 amide bonds. The summed E-state index contributed by atoms with van der Waals surface area (Å²) in [5, 5.41) is 2.91. The lowest BCUT2D eigenvalue weighted by Gasteiger charge is -2.24. The number of imidazole rings is 1. The van der Waals surface area contributed by atoms with Crippen LogP contribution in [0, 0.1) is 5.92 Å². The molecule has 1 aliphatic rings. The number of allylic oxidation sites excluding steroid dienone is 1. The van der Waals surface area contributed by atoms with E-state index < -0.39 is 19.8 Å². The highest BCUT2D eigenvalue weighted by Gasteiger charge is 2.34. The van der Waals surface area contributed by atoms with Gasteiger partial charge in [0.2, 0.25) is 5.95 Å². The zero-order valence-corrected chi connectivity index (χ0v) is 23.2. The van der Waals surface area contributed by atoms with Crippen molar-refractivity contribution in [3.8, 4) is 5.75 Å². The van der Waals surface area contributed by atoms with Gasteiger partial charge in [0, 0.05) is 5.92 Å². The van der Waals surface area contributed by atoms with E-state index in [1.807, 2.05) is 53.1 Å². The van der Waals surface area contributed by atoms with Gasteiger partial charge in [-0.1, -0.05) is 72.3 Å². The van der Waals surface area contributed by atoms with Crippen molar-refractivity contribution >= 4 is 42.4 Å². The molecule has 0 aliphatic heterocycles. The first kappa shape index (κ1) is 27.8. The van der Waals surface area contributed by atoms with Gasteiger partial charge in [0.05, 0.1) is 19.0 Å². The van der Waals surface area contributed by atoms with Gasteiger partial charge in [-0.2, -0.15) is 15.1 Å². The van der Waals surface area contributed by atoms with Gasteiger partial charge < -0.3 is 19.6 Å². The minimum atomic E-state index is -3.99. The lowest BCUT2D eigenvalue weighted by molar-refractivity contribution is -0.146. The van der Waals surface area contributed by atoms with Crippen LogP contribution in [-0.2, 0) is 25.2 Å². The monoisotopic (exact) mass is 582 g/mol. The zero-order valence-electron chi connectivity index (χ0n) is 21.6. The zero-order chi connectivity index (χ0) is 28.1. The van der Waals surface area contributed by atoms with Crippen LogP contribution in [0.5, 0.6) is 5.75 Å². The van der Waals surface area contributed by atoms with E-state index in [0.717, 1.165) is 5.56 Å². The predicted molar refractivity (Wildman–Crippen MR) is 150 cm³/mol. The van der Waals surface area contributed by atoms with Crippen molar-refractivity contribution in [1.82, 2.24) is 24.6 Å². The van der Waals surface area contributed by atoms with Crippen LogP contribution in [0.15, 0.2) is 79.1 Å². The van der Waals surface area contributed by atoms with Gasteiger partial charge in [-0.25, -0.2) is 9.55 Å². The molecule has 0 saturated heterocycles. The van der Waals surface area contributed by atoms with Crippen LogP contribution >= 0.6 is 19.3 Å². The van der Waals surface area contributed by atoms with Crippen molar-refractivity contribution in [2.45, 2.75) is 32.0 Å². The third kappa shape index (κ3) is 6.68. The molecule has 1 aliphatic carbocycles. The van der Waals surface area contributed by atoms with Crippen molar-refractivity contribution in [2.24, 2.45) is 5.92 Å². The number of para-hydroxylation sites is 1. The van der Waals surface area contributed by atoms with E-state index in [4.69, 9.17) is 31.1 Å². The van der Waals surface area contributed by atoms with E-state index in [0.29, 0.717) is 23.3 Å². The Hall–Kier alpha value is -3.76. The number of nitrogens with one attached hydrogen (secondary N) is 1. The topological polar surface area (TPSA) is 143 Å². The summed E-state index contributed by atoms with van der Waals surface area (Å²) >= 11 is 6.16. The summed E-state index contributed by atoms with van der Waals surface area (Å²) in [5.74, 6) is -0.298. The number of benzene rings is 2. The second-order valence-electron chi connectivity index (χ2n) is 9.29. The van der Waals surface area contributed by atoms with E-state index in [9.17, 15) is 9.36 Å². The molecule has 5 rings (SSSR count). The van der Waals surface area contributed by atoms with E-state index in [1.165, 1.54) is 0 Å². The predicted octanol–water partition coefficient (Wildman–Crippen LogP) is 5.10. The highest BCUT2D eigenvalue weighted by molar-refractivity contribution is 7.52. The fourth-order valence-electron chi connectivity index (χ4n) is 4.27. The number of rotatable bonds is 11. The summed E-state index contributed by atoms with van der Waals surface area (Å²) in [6, 6.07) is 16.9. The van der Waals surface area contributed by atoms with Crippen LogP contribution in [-0.4, -0.2) is 38.1 Å². The maximum Gasteiger partial charge on any atom is 0.459 e. The first-order valence-corrected chi connectivity index (χ1v) is 14.5. The molecule has 208 valence electrons. The van der Waals surface area contributed by atoms with Crippen LogP contribution in [0.3, 0.4) is 0 Å². The van der Waals surface area contributed by atoms with Gasteiger partial charge in [0.1, 0.15) is 23.9 Å². The van der Waals surface area contributed by atoms with Gasteiger partial charge >= 0.3 is 13.7 Å². The van der Waals surface area contributed by atoms with E-state index in [-0.39, 0.29) is 36.3 Å². The summed E-state index contributed by atoms with van der Waals surface area (Å²) in [6.45, 7) is 1.71. The maximum atomic E-state index is 13.8. The van der Waals surface area contributed by atoms with Crippen molar-refractivity contribution in [3.05, 3.63) is 89.9 Å². The number of hydrogen-bond donors (Lipinski definition) is 2. The second kappa shape index (κ2) is 12.2. The number of hydrogen-bond acceptors (Lipinski definition) is 9. The SMILES string of the molecule is C[C@H](NP(=O)(OC[C@@H]1C=C[C@H](n2cnc3c(Cl)nc(N)nc32)C1)Oc1ccccc1)C(=O)OCc1ccccc1. The molecule has 2 aromatic carbocycles. The van der Waals surface area contributed by atoms with Crippen molar-refractivity contribution in [3.63, 3.8) is 0 Å². The molecular formula is C27H28ClN6O5P. The average molecular weight is 583 g/mol. The molecule has 1 unspecified atom stereocenters. The van der Waals surface area contributed by atoms with Gasteiger partial charge in [-0.05, 0) is 31.0 Å². The molecule has 13 heteroatoms.